The largest absolute Gasteiger partial charge is 0.462 e. The number of thiazole rings is 1. The molecule has 1 saturated heterocycles. The highest BCUT2D eigenvalue weighted by Gasteiger charge is 2.24. The van der Waals surface area contributed by atoms with Crippen molar-refractivity contribution in [3.8, 4) is 17.3 Å². The van der Waals surface area contributed by atoms with Gasteiger partial charge in [-0.2, -0.15) is 9.97 Å². The zero-order valence-electron chi connectivity index (χ0n) is 20.6. The van der Waals surface area contributed by atoms with Crippen molar-refractivity contribution < 1.29 is 18.3 Å². The minimum absolute atomic E-state index is 0.00799. The quantitative estimate of drug-likeness (QED) is 0.216. The summed E-state index contributed by atoms with van der Waals surface area (Å²) in [4.78, 5) is 31.0. The van der Waals surface area contributed by atoms with E-state index in [9.17, 15) is 9.18 Å². The maximum absolute atomic E-state index is 16.0. The molecule has 0 radical (unpaired) electrons. The lowest BCUT2D eigenvalue weighted by atomic mass is 10.1. The molecule has 1 aliphatic heterocycles. The van der Waals surface area contributed by atoms with Gasteiger partial charge in [0.15, 0.2) is 10.9 Å². The van der Waals surface area contributed by atoms with Crippen molar-refractivity contribution in [2.45, 2.75) is 18.9 Å². The zero-order valence-corrected chi connectivity index (χ0v) is 21.4. The fraction of sp³-hybridized carbons (Fsp3) is 0.320. The van der Waals surface area contributed by atoms with Crippen LogP contribution in [0.4, 0.5) is 19.7 Å². The smallest absolute Gasteiger partial charge is 0.319 e. The Morgan fingerprint density at radius 2 is 2.13 bits per heavy atom. The van der Waals surface area contributed by atoms with Crippen LogP contribution in [0.2, 0.25) is 0 Å². The van der Waals surface area contributed by atoms with Gasteiger partial charge in [-0.3, -0.25) is 9.78 Å². The van der Waals surface area contributed by atoms with E-state index in [0.29, 0.717) is 29.9 Å². The summed E-state index contributed by atoms with van der Waals surface area (Å²) in [5, 5.41) is 6.25. The summed E-state index contributed by atoms with van der Waals surface area (Å²) in [6.07, 6.45) is 4.67. The number of nitrogens with one attached hydrogen (secondary N) is 2. The van der Waals surface area contributed by atoms with E-state index in [2.05, 4.69) is 42.0 Å². The van der Waals surface area contributed by atoms with Gasteiger partial charge < -0.3 is 26.0 Å². The van der Waals surface area contributed by atoms with Gasteiger partial charge in [-0.15, -0.1) is 0 Å². The Bertz CT molecular complexity index is 1530. The molecule has 4 heterocycles. The number of halogens is 2. The molecule has 5 rings (SSSR count). The molecule has 0 aliphatic carbocycles. The number of nitrogens with two attached hydrogens (primary N) is 1. The van der Waals surface area contributed by atoms with Gasteiger partial charge in [0.1, 0.15) is 29.5 Å². The predicted octanol–water partition coefficient (Wildman–Crippen LogP) is 3.35. The molecule has 1 fully saturated rings. The summed E-state index contributed by atoms with van der Waals surface area (Å²) < 4.78 is 36.5. The molecular weight excluding hydrogens is 514 g/mol. The first-order valence-corrected chi connectivity index (χ1v) is 12.9. The predicted molar refractivity (Wildman–Crippen MR) is 143 cm³/mol. The van der Waals surface area contributed by atoms with Crippen LogP contribution in [0.3, 0.4) is 0 Å². The standard InChI is InChI=1S/C25H26F2N8O2S/c1-3-17(36)29-8-9-30-23-15-11-31-19(14-6-7-16(26)22-21(14)32-24(28)38-22)18(27)20(15)33-25(34-23)37-12-13-5-4-10-35(13)2/h3,6-7,11,13H,1,4-5,8-10,12H2,2H3,(H2,28,32)(H,29,36)(H,30,33,34)/t13-/m0/s1. The van der Waals surface area contributed by atoms with E-state index in [1.165, 1.54) is 24.4 Å². The van der Waals surface area contributed by atoms with Crippen molar-refractivity contribution >= 4 is 49.3 Å². The molecule has 0 bridgehead atoms. The molecule has 13 heteroatoms. The summed E-state index contributed by atoms with van der Waals surface area (Å²) >= 11 is 0.981. The number of fused-ring (bicyclic) bond motifs is 2. The topological polar surface area (TPSA) is 131 Å². The van der Waals surface area contributed by atoms with Gasteiger partial charge in [-0.25, -0.2) is 13.8 Å². The molecule has 38 heavy (non-hydrogen) atoms. The first-order valence-electron chi connectivity index (χ1n) is 12.0. The Hall–Kier alpha value is -3.97. The summed E-state index contributed by atoms with van der Waals surface area (Å²) in [5.74, 6) is -1.23. The van der Waals surface area contributed by atoms with E-state index in [0.717, 1.165) is 30.7 Å². The van der Waals surface area contributed by atoms with Crippen molar-refractivity contribution in [2.24, 2.45) is 0 Å². The second kappa shape index (κ2) is 10.8. The second-order valence-corrected chi connectivity index (χ2v) is 9.90. The van der Waals surface area contributed by atoms with E-state index in [1.807, 2.05) is 7.05 Å². The van der Waals surface area contributed by atoms with E-state index >= 15 is 4.39 Å². The van der Waals surface area contributed by atoms with Gasteiger partial charge >= 0.3 is 6.01 Å². The Kier molecular flexibility index (Phi) is 7.29. The summed E-state index contributed by atoms with van der Waals surface area (Å²) in [6.45, 7) is 5.34. The number of amides is 1. The normalized spacial score (nSPS) is 15.7. The van der Waals surface area contributed by atoms with Gasteiger partial charge in [0.2, 0.25) is 5.91 Å². The Labute approximate surface area is 220 Å². The Morgan fingerprint density at radius 3 is 2.89 bits per heavy atom. The first-order chi connectivity index (χ1) is 18.4. The van der Waals surface area contributed by atoms with Crippen molar-refractivity contribution in [3.05, 3.63) is 42.6 Å². The number of pyridine rings is 1. The van der Waals surface area contributed by atoms with E-state index in [4.69, 9.17) is 10.5 Å². The average molecular weight is 541 g/mol. The highest BCUT2D eigenvalue weighted by Crippen LogP contribution is 2.37. The lowest BCUT2D eigenvalue weighted by molar-refractivity contribution is -0.116. The summed E-state index contributed by atoms with van der Waals surface area (Å²) in [7, 11) is 2.03. The van der Waals surface area contributed by atoms with Crippen LogP contribution in [0.1, 0.15) is 12.8 Å². The Balaban J connectivity index is 1.54. The molecule has 1 aliphatic rings. The maximum Gasteiger partial charge on any atom is 0.319 e. The van der Waals surface area contributed by atoms with E-state index in [1.54, 1.807) is 0 Å². The van der Waals surface area contributed by atoms with Crippen LogP contribution in [-0.2, 0) is 4.79 Å². The molecule has 0 spiro atoms. The minimum Gasteiger partial charge on any atom is -0.462 e. The molecular formula is C25H26F2N8O2S. The van der Waals surface area contributed by atoms with Crippen molar-refractivity contribution in [1.82, 2.24) is 30.2 Å². The van der Waals surface area contributed by atoms with Crippen LogP contribution < -0.4 is 21.1 Å². The highest BCUT2D eigenvalue weighted by atomic mass is 32.1. The number of ether oxygens (including phenoxy) is 1. The third-order valence-electron chi connectivity index (χ3n) is 6.41. The molecule has 198 valence electrons. The minimum atomic E-state index is -0.727. The van der Waals surface area contributed by atoms with Crippen LogP contribution in [0.5, 0.6) is 6.01 Å². The van der Waals surface area contributed by atoms with Gasteiger partial charge in [0, 0.05) is 30.9 Å². The molecule has 1 amide bonds. The van der Waals surface area contributed by atoms with Gasteiger partial charge in [-0.1, -0.05) is 17.9 Å². The maximum atomic E-state index is 16.0. The number of likely N-dealkylation sites (N-methyl/N-ethyl adjacent to an activating group) is 1. The van der Waals surface area contributed by atoms with Gasteiger partial charge in [0.25, 0.3) is 0 Å². The molecule has 0 saturated carbocycles. The molecule has 4 aromatic rings. The first kappa shape index (κ1) is 25.7. The van der Waals surface area contributed by atoms with Crippen molar-refractivity contribution in [3.63, 3.8) is 0 Å². The lowest BCUT2D eigenvalue weighted by Gasteiger charge is -2.19. The molecule has 3 aromatic heterocycles. The number of carbonyl (C=O) groups is 1. The Morgan fingerprint density at radius 1 is 1.29 bits per heavy atom. The number of hydrogen-bond donors (Lipinski definition) is 3. The lowest BCUT2D eigenvalue weighted by Crippen LogP contribution is -2.31. The monoisotopic (exact) mass is 540 g/mol. The zero-order chi connectivity index (χ0) is 26.8. The molecule has 4 N–H and O–H groups in total. The van der Waals surface area contributed by atoms with E-state index < -0.39 is 11.6 Å². The SMILES string of the molecule is C=CC(=O)NCCNc1nc(OC[C@@H]2CCCN2C)nc2c(F)c(-c3ccc(F)c4sc(N)nc34)ncc12. The summed E-state index contributed by atoms with van der Waals surface area (Å²) in [6, 6.07) is 2.87. The molecule has 10 nitrogen and oxygen atoms in total. The van der Waals surface area contributed by atoms with Crippen LogP contribution in [-0.4, -0.2) is 70.1 Å². The average Bonchev–Trinajstić information content (AvgIpc) is 3.51. The molecule has 1 atom stereocenters. The van der Waals surface area contributed by atoms with Crippen LogP contribution in [0.25, 0.3) is 32.4 Å². The fourth-order valence-electron chi connectivity index (χ4n) is 4.41. The number of nitrogen functional groups attached to an aromatic ring is 1. The number of hydrogen-bond acceptors (Lipinski definition) is 10. The number of carbonyl (C=O) groups excluding carboxylic acids is 1. The number of benzene rings is 1. The number of aromatic nitrogens is 4. The van der Waals surface area contributed by atoms with Crippen molar-refractivity contribution in [1.29, 1.82) is 0 Å². The second-order valence-electron chi connectivity index (χ2n) is 8.87. The van der Waals surface area contributed by atoms with E-state index in [-0.39, 0.29) is 51.1 Å². The van der Waals surface area contributed by atoms with Gasteiger partial charge in [0.05, 0.1) is 15.6 Å². The van der Waals surface area contributed by atoms with Crippen LogP contribution in [0, 0.1) is 11.6 Å². The third kappa shape index (κ3) is 5.07. The van der Waals surface area contributed by atoms with Crippen molar-refractivity contribution in [2.75, 3.05) is 44.3 Å². The molecule has 0 unspecified atom stereocenters. The number of likely N-dealkylation sites (tertiary alicyclic amines) is 1. The molecule has 1 aromatic carbocycles. The number of anilines is 2. The van der Waals surface area contributed by atoms with Gasteiger partial charge in [-0.05, 0) is 44.6 Å². The number of rotatable bonds is 9. The van der Waals surface area contributed by atoms with Crippen LogP contribution in [0.15, 0.2) is 31.0 Å². The fourth-order valence-corrected chi connectivity index (χ4v) is 5.17. The highest BCUT2D eigenvalue weighted by molar-refractivity contribution is 7.22. The third-order valence-corrected chi connectivity index (χ3v) is 7.30. The number of nitrogens with zero attached hydrogens (tertiary/aromatic N) is 5. The summed E-state index contributed by atoms with van der Waals surface area (Å²) in [5.41, 5.74) is 6.26. The van der Waals surface area contributed by atoms with Crippen LogP contribution >= 0.6 is 11.3 Å².